The maximum Gasteiger partial charge on any atom is 0.0496 e. The minimum absolute atomic E-state index is 1.33. The van der Waals surface area contributed by atoms with E-state index in [-0.39, 0.29) is 0 Å². The predicted molar refractivity (Wildman–Crippen MR) is 43.1 cm³/mol. The molecule has 0 aromatic carbocycles. The molecule has 0 spiro atoms. The molecule has 0 fully saturated rings. The lowest BCUT2D eigenvalue weighted by molar-refractivity contribution is 0.991. The van der Waals surface area contributed by atoms with Gasteiger partial charge < -0.3 is 0 Å². The molecule has 50 valence electrons. The smallest absolute Gasteiger partial charge is 0.0496 e. The van der Waals surface area contributed by atoms with Crippen LogP contribution in [0.2, 0.25) is 24.6 Å². The second-order valence-electron chi connectivity index (χ2n) is 2.50. The summed E-state index contributed by atoms with van der Waals surface area (Å²) in [6, 6.07) is 0. The second kappa shape index (κ2) is 2.67. The minimum Gasteiger partial charge on any atom is -0.0692 e. The van der Waals surface area contributed by atoms with Crippen molar-refractivity contribution in [3.05, 3.63) is 0 Å². The standard InChI is InChI=1S/C7H18Si/c1-6-8(4,5)7(2)3/h7H,6H2,1-5H3/i2D3,6D2,7D. The SMILES string of the molecule is [2H]C([2H])([2H])C([2H])(C)[Si](C)(C)C([2H])([2H])C. The van der Waals surface area contributed by atoms with Crippen LogP contribution in [0.4, 0.5) is 0 Å². The fraction of sp³-hybridized carbons (Fsp3) is 1.00. The summed E-state index contributed by atoms with van der Waals surface area (Å²) >= 11 is 0. The Labute approximate surface area is 62.7 Å². The molecule has 0 amide bonds. The van der Waals surface area contributed by atoms with Gasteiger partial charge in [0.05, 0.1) is 0 Å². The van der Waals surface area contributed by atoms with Crippen molar-refractivity contribution in [1.29, 1.82) is 0 Å². The van der Waals surface area contributed by atoms with E-state index in [1.807, 2.05) is 0 Å². The topological polar surface area (TPSA) is 0 Å². The Bertz CT molecular complexity index is 187. The first-order valence-corrected chi connectivity index (χ1v) is 5.75. The summed E-state index contributed by atoms with van der Waals surface area (Å²) in [5.41, 5.74) is -1.67. The molecule has 0 radical (unpaired) electrons. The molecule has 0 N–H and O–H groups in total. The van der Waals surface area contributed by atoms with Crippen LogP contribution < -0.4 is 0 Å². The molecular formula is C7H18Si. The van der Waals surface area contributed by atoms with Crippen molar-refractivity contribution in [3.63, 3.8) is 0 Å². The van der Waals surface area contributed by atoms with Crippen LogP contribution in [0.1, 0.15) is 28.9 Å². The molecule has 0 aliphatic carbocycles. The first-order chi connectivity index (χ1) is 5.75. The van der Waals surface area contributed by atoms with E-state index in [2.05, 4.69) is 0 Å². The van der Waals surface area contributed by atoms with E-state index in [1.165, 1.54) is 13.8 Å². The van der Waals surface area contributed by atoms with E-state index < -0.39 is 26.4 Å². The van der Waals surface area contributed by atoms with Crippen molar-refractivity contribution in [2.75, 3.05) is 0 Å². The van der Waals surface area contributed by atoms with Crippen LogP contribution in [0.15, 0.2) is 0 Å². The number of rotatable bonds is 2. The van der Waals surface area contributed by atoms with Gasteiger partial charge >= 0.3 is 0 Å². The van der Waals surface area contributed by atoms with Gasteiger partial charge in [-0.2, -0.15) is 0 Å². The molecule has 0 aromatic heterocycles. The molecule has 0 saturated carbocycles. The van der Waals surface area contributed by atoms with Gasteiger partial charge in [0.2, 0.25) is 0 Å². The molecule has 1 atom stereocenters. The lowest BCUT2D eigenvalue weighted by Crippen LogP contribution is -2.27. The van der Waals surface area contributed by atoms with Crippen LogP contribution in [0.3, 0.4) is 0 Å². The molecule has 0 aliphatic heterocycles. The Balaban J connectivity index is 5.30. The quantitative estimate of drug-likeness (QED) is 0.512. The molecule has 0 heterocycles. The zero-order valence-electron chi connectivity index (χ0n) is 12.0. The molecule has 0 rings (SSSR count). The Kier molecular flexibility index (Phi) is 0.818. The molecule has 0 saturated heterocycles. The van der Waals surface area contributed by atoms with Crippen molar-refractivity contribution in [2.24, 2.45) is 0 Å². The average molecular weight is 136 g/mol. The lowest BCUT2D eigenvalue weighted by atomic mass is 10.6. The summed E-state index contributed by atoms with van der Waals surface area (Å²) in [6.07, 6.45) is 0. The van der Waals surface area contributed by atoms with Gasteiger partial charge in [-0.25, -0.2) is 0 Å². The van der Waals surface area contributed by atoms with Crippen molar-refractivity contribution >= 4 is 8.07 Å². The molecule has 0 bridgehead atoms. The highest BCUT2D eigenvalue weighted by molar-refractivity contribution is 6.78. The van der Waals surface area contributed by atoms with E-state index in [0.29, 0.717) is 0 Å². The van der Waals surface area contributed by atoms with Crippen LogP contribution in [-0.2, 0) is 0 Å². The summed E-state index contributed by atoms with van der Waals surface area (Å²) in [5.74, 6) is -1.57. The summed E-state index contributed by atoms with van der Waals surface area (Å²) in [5, 5.41) is 0. The molecule has 8 heavy (non-hydrogen) atoms. The van der Waals surface area contributed by atoms with Gasteiger partial charge in [-0.15, -0.1) is 0 Å². The minimum atomic E-state index is -2.83. The lowest BCUT2D eigenvalue weighted by Gasteiger charge is -2.24. The zero-order chi connectivity index (χ0) is 12.0. The normalized spacial score (nSPS) is 34.5. The maximum absolute atomic E-state index is 7.90. The Morgan fingerprint density at radius 2 is 2.38 bits per heavy atom. The molecule has 0 aliphatic rings. The van der Waals surface area contributed by atoms with Crippen molar-refractivity contribution in [3.8, 4) is 0 Å². The van der Waals surface area contributed by atoms with Gasteiger partial charge in [0.1, 0.15) is 0 Å². The van der Waals surface area contributed by atoms with E-state index in [4.69, 9.17) is 8.22 Å². The summed E-state index contributed by atoms with van der Waals surface area (Å²) in [4.78, 5) is 0. The van der Waals surface area contributed by atoms with E-state index in [1.54, 1.807) is 13.1 Å². The summed E-state index contributed by atoms with van der Waals surface area (Å²) < 4.78 is 45.0. The largest absolute Gasteiger partial charge is 0.0692 e. The Morgan fingerprint density at radius 3 is 2.50 bits per heavy atom. The van der Waals surface area contributed by atoms with Crippen LogP contribution in [0.5, 0.6) is 0 Å². The first-order valence-electron chi connectivity index (χ1n) is 5.75. The highest BCUT2D eigenvalue weighted by atomic mass is 28.3. The van der Waals surface area contributed by atoms with Gasteiger partial charge in [0, 0.05) is 16.3 Å². The Hall–Kier alpha value is 0.217. The van der Waals surface area contributed by atoms with Gasteiger partial charge in [-0.1, -0.05) is 45.3 Å². The number of hydrogen-bond acceptors (Lipinski definition) is 0. The monoisotopic (exact) mass is 136 g/mol. The zero-order valence-corrected chi connectivity index (χ0v) is 7.00. The summed E-state index contributed by atoms with van der Waals surface area (Å²) in [7, 11) is -2.83. The van der Waals surface area contributed by atoms with Crippen LogP contribution in [-0.4, -0.2) is 8.07 Å². The molecular weight excluding hydrogens is 112 g/mol. The van der Waals surface area contributed by atoms with Crippen LogP contribution >= 0.6 is 0 Å². The van der Waals surface area contributed by atoms with Gasteiger partial charge in [0.15, 0.2) is 0 Å². The molecule has 0 nitrogen and oxygen atoms in total. The fourth-order valence-electron chi connectivity index (χ4n) is 0.188. The highest BCUT2D eigenvalue weighted by Crippen LogP contribution is 2.23. The van der Waals surface area contributed by atoms with E-state index in [0.717, 1.165) is 0 Å². The van der Waals surface area contributed by atoms with E-state index >= 15 is 0 Å². The van der Waals surface area contributed by atoms with E-state index in [9.17, 15) is 0 Å². The first kappa shape index (κ1) is 2.45. The maximum atomic E-state index is 7.90. The molecule has 0 aromatic rings. The third-order valence-corrected chi connectivity index (χ3v) is 4.69. The van der Waals surface area contributed by atoms with Gasteiger partial charge in [-0.05, 0) is 0 Å². The molecule has 1 unspecified atom stereocenters. The number of hydrogen-bond donors (Lipinski definition) is 0. The highest BCUT2D eigenvalue weighted by Gasteiger charge is 2.21. The third-order valence-electron chi connectivity index (χ3n) is 1.56. The van der Waals surface area contributed by atoms with Crippen molar-refractivity contribution in [2.45, 2.75) is 45.3 Å². The van der Waals surface area contributed by atoms with Crippen LogP contribution in [0.25, 0.3) is 0 Å². The predicted octanol–water partition coefficient (Wildman–Crippen LogP) is 3.12. The fourth-order valence-corrected chi connectivity index (χ4v) is 0.562. The van der Waals surface area contributed by atoms with Crippen molar-refractivity contribution in [1.82, 2.24) is 0 Å². The second-order valence-corrected chi connectivity index (χ2v) is 7.00. The Morgan fingerprint density at radius 1 is 1.88 bits per heavy atom. The van der Waals surface area contributed by atoms with Gasteiger partial charge in [0.25, 0.3) is 0 Å². The third kappa shape index (κ3) is 1.99. The van der Waals surface area contributed by atoms with Crippen LogP contribution in [0, 0.1) is 0 Å². The molecule has 1 heteroatoms. The summed E-state index contributed by atoms with van der Waals surface area (Å²) in [6.45, 7) is 3.51. The average Bonchev–Trinajstić information content (AvgIpc) is 1.81. The van der Waals surface area contributed by atoms with Crippen molar-refractivity contribution < 1.29 is 8.22 Å². The van der Waals surface area contributed by atoms with Gasteiger partial charge in [-0.3, -0.25) is 0 Å².